The van der Waals surface area contributed by atoms with Gasteiger partial charge in [0.1, 0.15) is 42.3 Å². The lowest BCUT2D eigenvalue weighted by molar-refractivity contribution is -0.349. The van der Waals surface area contributed by atoms with Crippen LogP contribution in [0.2, 0.25) is 5.02 Å². The van der Waals surface area contributed by atoms with E-state index in [2.05, 4.69) is 20.6 Å². The van der Waals surface area contributed by atoms with Gasteiger partial charge in [-0.25, -0.2) is 22.5 Å². The molecule has 15 heteroatoms. The number of aromatic nitrogens is 6. The molecule has 5 heterocycles. The van der Waals surface area contributed by atoms with Crippen LogP contribution in [-0.2, 0) is 30.1 Å². The number of methoxy groups -OCH3 is 1. The number of benzene rings is 1. The predicted molar refractivity (Wildman–Crippen MR) is 137 cm³/mol. The minimum Gasteiger partial charge on any atom is -0.379 e. The van der Waals surface area contributed by atoms with Crippen LogP contribution in [0.25, 0.3) is 11.3 Å². The molecule has 0 N–H and O–H groups in total. The van der Waals surface area contributed by atoms with Crippen LogP contribution in [0.5, 0.6) is 0 Å². The summed E-state index contributed by atoms with van der Waals surface area (Å²) in [6.45, 7) is 4.40. The normalized spacial score (nSPS) is 31.6. The Labute approximate surface area is 238 Å². The van der Waals surface area contributed by atoms with Crippen LogP contribution in [0.4, 0.5) is 13.2 Å². The van der Waals surface area contributed by atoms with Gasteiger partial charge in [0.2, 0.25) is 0 Å². The third-order valence-corrected chi connectivity index (χ3v) is 8.01. The molecule has 0 unspecified atom stereocenters. The Balaban J connectivity index is 1.31. The first kappa shape index (κ1) is 28.5. The fraction of sp³-hybridized carbons (Fsp3) is 0.615. The van der Waals surface area contributed by atoms with Crippen molar-refractivity contribution in [2.24, 2.45) is 0 Å². The summed E-state index contributed by atoms with van der Waals surface area (Å²) >= 11 is 5.73. The molecule has 3 saturated heterocycles. The first-order valence-electron chi connectivity index (χ1n) is 13.3. The van der Waals surface area contributed by atoms with Crippen molar-refractivity contribution < 1.29 is 36.9 Å². The number of fused-ring (bicyclic) bond motifs is 1. The highest BCUT2D eigenvalue weighted by Gasteiger charge is 2.53. The number of ether oxygens (including phenoxy) is 5. The first-order chi connectivity index (χ1) is 19.6. The lowest BCUT2D eigenvalue weighted by atomic mass is 9.89. The Bertz CT molecular complexity index is 1390. The van der Waals surface area contributed by atoms with Crippen LogP contribution in [0.3, 0.4) is 0 Å². The summed E-state index contributed by atoms with van der Waals surface area (Å²) in [4.78, 5) is 0. The fourth-order valence-electron chi connectivity index (χ4n) is 5.67. The minimum atomic E-state index is -1.17. The van der Waals surface area contributed by atoms with Crippen LogP contribution in [0.15, 0.2) is 24.5 Å². The van der Waals surface area contributed by atoms with E-state index in [1.54, 1.807) is 20.0 Å². The predicted octanol–water partition coefficient (Wildman–Crippen LogP) is 3.49. The van der Waals surface area contributed by atoms with Crippen molar-refractivity contribution in [3.05, 3.63) is 46.9 Å². The molecule has 1 aromatic carbocycles. The molecular formula is C26H30ClF3N6O5. The maximum absolute atomic E-state index is 14.7. The number of hydrogen-bond donors (Lipinski definition) is 0. The average molecular weight is 599 g/mol. The lowest BCUT2D eigenvalue weighted by Gasteiger charge is -2.51. The molecule has 6 rings (SSSR count). The van der Waals surface area contributed by atoms with Crippen molar-refractivity contribution in [3.8, 4) is 11.3 Å². The van der Waals surface area contributed by atoms with Crippen LogP contribution in [0, 0.1) is 11.6 Å². The number of rotatable bonds is 6. The molecule has 3 aliphatic heterocycles. The molecule has 2 aromatic heterocycles. The molecule has 0 spiro atoms. The molecule has 3 fully saturated rings. The monoisotopic (exact) mass is 598 g/mol. The summed E-state index contributed by atoms with van der Waals surface area (Å²) < 4.78 is 76.4. The van der Waals surface area contributed by atoms with Gasteiger partial charge in [0.05, 0.1) is 36.2 Å². The van der Waals surface area contributed by atoms with Gasteiger partial charge in [-0.1, -0.05) is 22.0 Å². The third-order valence-electron chi connectivity index (χ3n) is 7.72. The molecule has 0 radical (unpaired) electrons. The smallest absolute Gasteiger partial charge is 0.178 e. The van der Waals surface area contributed by atoms with Crippen molar-refractivity contribution in [3.63, 3.8) is 0 Å². The molecule has 3 aliphatic rings. The second kappa shape index (κ2) is 11.2. The van der Waals surface area contributed by atoms with Crippen LogP contribution >= 0.6 is 11.6 Å². The zero-order valence-electron chi connectivity index (χ0n) is 22.6. The summed E-state index contributed by atoms with van der Waals surface area (Å²) in [7, 11) is 1.54. The zero-order valence-corrected chi connectivity index (χ0v) is 23.4. The fourth-order valence-corrected chi connectivity index (χ4v) is 5.82. The molecule has 0 aliphatic carbocycles. The highest BCUT2D eigenvalue weighted by atomic mass is 35.5. The van der Waals surface area contributed by atoms with Crippen molar-refractivity contribution in [2.75, 3.05) is 26.9 Å². The molecule has 11 nitrogen and oxygen atoms in total. The topological polar surface area (TPSA) is 108 Å². The van der Waals surface area contributed by atoms with E-state index in [1.165, 1.54) is 34.8 Å². The van der Waals surface area contributed by atoms with Gasteiger partial charge in [-0.2, -0.15) is 0 Å². The van der Waals surface area contributed by atoms with E-state index < -0.39 is 60.1 Å². The van der Waals surface area contributed by atoms with Gasteiger partial charge in [-0.3, -0.25) is 0 Å². The molecule has 7 atom stereocenters. The van der Waals surface area contributed by atoms with Gasteiger partial charge in [0.25, 0.3) is 0 Å². The Morgan fingerprint density at radius 1 is 1.10 bits per heavy atom. The standard InChI is InChI=1S/C26H30ClF3N6O5/c1-26(2)39-12-20-25(41-26)23(36-10-17(32-34-36)14-4-5-15(27)22(30)21(14)29)24(37-3)19(40-20)8-13-9-35(33-31-13)18-11-38-7-6-16(18)28/h4-5,9-10,16,18-20,23-25H,6-8,11-12H2,1-3H3/t16-,18-,19-,20-,23-,24+,25+/m1/s1. The molecule has 3 aromatic rings. The highest BCUT2D eigenvalue weighted by Crippen LogP contribution is 2.40. The van der Waals surface area contributed by atoms with E-state index in [1.807, 2.05) is 0 Å². The van der Waals surface area contributed by atoms with Gasteiger partial charge >= 0.3 is 0 Å². The van der Waals surface area contributed by atoms with E-state index in [-0.39, 0.29) is 35.9 Å². The minimum absolute atomic E-state index is 0.0880. The van der Waals surface area contributed by atoms with Gasteiger partial charge in [-0.15, -0.1) is 10.2 Å². The first-order valence-corrected chi connectivity index (χ1v) is 13.7. The van der Waals surface area contributed by atoms with Crippen molar-refractivity contribution in [1.29, 1.82) is 0 Å². The van der Waals surface area contributed by atoms with E-state index in [4.69, 9.17) is 35.3 Å². The Morgan fingerprint density at radius 3 is 2.68 bits per heavy atom. The molecule has 0 saturated carbocycles. The third kappa shape index (κ3) is 5.48. The van der Waals surface area contributed by atoms with Crippen molar-refractivity contribution in [2.45, 2.75) is 75.1 Å². The van der Waals surface area contributed by atoms with E-state index in [0.29, 0.717) is 18.7 Å². The summed E-state index contributed by atoms with van der Waals surface area (Å²) in [6.07, 6.45) is 0.397. The highest BCUT2D eigenvalue weighted by molar-refractivity contribution is 6.30. The summed E-state index contributed by atoms with van der Waals surface area (Å²) in [5.41, 5.74) is 0.593. The maximum atomic E-state index is 14.7. The largest absolute Gasteiger partial charge is 0.379 e. The number of alkyl halides is 1. The summed E-state index contributed by atoms with van der Waals surface area (Å²) in [5, 5.41) is 16.4. The second-order valence-electron chi connectivity index (χ2n) is 10.8. The molecular weight excluding hydrogens is 569 g/mol. The summed E-state index contributed by atoms with van der Waals surface area (Å²) in [6, 6.07) is 1.45. The Kier molecular flexibility index (Phi) is 7.80. The van der Waals surface area contributed by atoms with E-state index in [0.717, 1.165) is 0 Å². The van der Waals surface area contributed by atoms with E-state index >= 15 is 0 Å². The maximum Gasteiger partial charge on any atom is 0.178 e. The van der Waals surface area contributed by atoms with Gasteiger partial charge in [0.15, 0.2) is 17.4 Å². The van der Waals surface area contributed by atoms with Gasteiger partial charge < -0.3 is 23.7 Å². The van der Waals surface area contributed by atoms with Crippen LogP contribution in [-0.4, -0.2) is 93.3 Å². The lowest BCUT2D eigenvalue weighted by Crippen LogP contribution is -2.62. The average Bonchev–Trinajstić information content (AvgIpc) is 3.61. The van der Waals surface area contributed by atoms with Gasteiger partial charge in [-0.05, 0) is 26.0 Å². The van der Waals surface area contributed by atoms with Crippen LogP contribution < -0.4 is 0 Å². The number of halogens is 4. The molecule has 41 heavy (non-hydrogen) atoms. The van der Waals surface area contributed by atoms with Crippen LogP contribution in [0.1, 0.15) is 38.0 Å². The molecule has 0 bridgehead atoms. The quantitative estimate of drug-likeness (QED) is 0.394. The number of nitrogens with zero attached hydrogens (tertiary/aromatic N) is 6. The second-order valence-corrected chi connectivity index (χ2v) is 11.3. The van der Waals surface area contributed by atoms with Gasteiger partial charge in [0, 0.05) is 38.3 Å². The molecule has 0 amide bonds. The van der Waals surface area contributed by atoms with Crippen molar-refractivity contribution in [1.82, 2.24) is 30.0 Å². The SMILES string of the molecule is CO[C@@H]1[C@@H](n2cc(-c3ccc(Cl)c(F)c3F)nn2)[C@H]2OC(C)(C)OC[C@H]2O[C@@H]1Cc1cn([C@@H]2COCC[C@H]2F)nn1. The summed E-state index contributed by atoms with van der Waals surface area (Å²) in [5.74, 6) is -3.21. The number of hydrogen-bond acceptors (Lipinski definition) is 9. The van der Waals surface area contributed by atoms with Crippen molar-refractivity contribution >= 4 is 11.6 Å². The van der Waals surface area contributed by atoms with E-state index in [9.17, 15) is 13.2 Å². The zero-order chi connectivity index (χ0) is 28.9. The Hall–Kier alpha value is -2.62. The Morgan fingerprint density at radius 2 is 1.90 bits per heavy atom. The molecule has 222 valence electrons.